The molecular weight excluding hydrogens is 679 g/mol. The number of ether oxygens (including phenoxy) is 5. The highest BCUT2D eigenvalue weighted by molar-refractivity contribution is 5.86. The SMILES string of the molecule is CC(C)(C)OC(=O)N[C@H](Cc1ccc(OC(=O)OC(C)(C)C)cc1)C(=O)NCCCC(=O)Oc1ccc2c(=O)c(Oc3ccccc3F)coc2c1. The number of rotatable bonds is 12. The maximum Gasteiger partial charge on any atom is 0.514 e. The topological polar surface area (TPSA) is 169 Å². The molecule has 0 aliphatic heterocycles. The number of carbonyl (C=O) groups excluding carboxylic acids is 4. The first-order chi connectivity index (χ1) is 24.5. The number of benzene rings is 3. The van der Waals surface area contributed by atoms with E-state index in [9.17, 15) is 28.4 Å². The minimum absolute atomic E-state index is 0.0685. The minimum Gasteiger partial charge on any atom is -0.460 e. The van der Waals surface area contributed by atoms with Gasteiger partial charge in [0.2, 0.25) is 17.1 Å². The van der Waals surface area contributed by atoms with E-state index in [1.807, 2.05) is 0 Å². The summed E-state index contributed by atoms with van der Waals surface area (Å²) in [5.41, 5.74) is -1.29. The zero-order valence-electron chi connectivity index (χ0n) is 29.7. The van der Waals surface area contributed by atoms with Crippen molar-refractivity contribution in [1.29, 1.82) is 0 Å². The van der Waals surface area contributed by atoms with Crippen molar-refractivity contribution in [3.05, 3.63) is 94.6 Å². The Morgan fingerprint density at radius 3 is 2.17 bits per heavy atom. The van der Waals surface area contributed by atoms with Crippen molar-refractivity contribution in [2.45, 2.75) is 78.0 Å². The van der Waals surface area contributed by atoms with E-state index >= 15 is 0 Å². The largest absolute Gasteiger partial charge is 0.514 e. The summed E-state index contributed by atoms with van der Waals surface area (Å²) in [6.07, 6.45) is -0.384. The Bertz CT molecular complexity index is 1960. The quantitative estimate of drug-likeness (QED) is 0.0671. The first kappa shape index (κ1) is 38.9. The lowest BCUT2D eigenvalue weighted by Crippen LogP contribution is -2.49. The number of fused-ring (bicyclic) bond motifs is 1. The Labute approximate surface area is 299 Å². The molecule has 14 heteroatoms. The number of nitrogens with one attached hydrogen (secondary N) is 2. The Morgan fingerprint density at radius 2 is 1.50 bits per heavy atom. The van der Waals surface area contributed by atoms with Crippen LogP contribution in [0, 0.1) is 5.82 Å². The van der Waals surface area contributed by atoms with E-state index in [4.69, 9.17) is 28.1 Å². The summed E-state index contributed by atoms with van der Waals surface area (Å²) in [6.45, 7) is 10.3. The summed E-state index contributed by atoms with van der Waals surface area (Å²) >= 11 is 0. The predicted molar refractivity (Wildman–Crippen MR) is 187 cm³/mol. The van der Waals surface area contributed by atoms with E-state index < -0.39 is 52.6 Å². The zero-order valence-corrected chi connectivity index (χ0v) is 29.7. The molecule has 0 bridgehead atoms. The smallest absolute Gasteiger partial charge is 0.460 e. The highest BCUT2D eigenvalue weighted by Gasteiger charge is 2.25. The molecule has 3 aromatic carbocycles. The molecule has 0 saturated heterocycles. The third-order valence-electron chi connectivity index (χ3n) is 6.82. The fraction of sp³-hybridized carbons (Fsp3) is 0.342. The van der Waals surface area contributed by atoms with E-state index in [-0.39, 0.29) is 59.8 Å². The Balaban J connectivity index is 1.31. The molecule has 0 radical (unpaired) electrons. The van der Waals surface area contributed by atoms with E-state index in [1.165, 1.54) is 48.5 Å². The lowest BCUT2D eigenvalue weighted by Gasteiger charge is -2.23. The molecular formula is C38H41FN2O11. The highest BCUT2D eigenvalue weighted by atomic mass is 19.1. The van der Waals surface area contributed by atoms with Crippen LogP contribution in [0.1, 0.15) is 59.9 Å². The summed E-state index contributed by atoms with van der Waals surface area (Å²) in [4.78, 5) is 63.2. The van der Waals surface area contributed by atoms with Gasteiger partial charge in [0.1, 0.15) is 40.6 Å². The van der Waals surface area contributed by atoms with Crippen molar-refractivity contribution in [2.24, 2.45) is 0 Å². The van der Waals surface area contributed by atoms with Crippen LogP contribution in [-0.4, -0.2) is 47.9 Å². The molecule has 4 aromatic rings. The number of amides is 2. The van der Waals surface area contributed by atoms with Gasteiger partial charge in [-0.05, 0) is 89.9 Å². The fourth-order valence-electron chi connectivity index (χ4n) is 4.58. The Hall–Kier alpha value is -5.92. The van der Waals surface area contributed by atoms with Gasteiger partial charge in [-0.15, -0.1) is 0 Å². The van der Waals surface area contributed by atoms with E-state index in [2.05, 4.69) is 10.6 Å². The van der Waals surface area contributed by atoms with Gasteiger partial charge in [-0.3, -0.25) is 14.4 Å². The zero-order chi connectivity index (χ0) is 38.1. The van der Waals surface area contributed by atoms with Crippen LogP contribution in [-0.2, 0) is 25.5 Å². The first-order valence-corrected chi connectivity index (χ1v) is 16.4. The molecule has 1 heterocycles. The molecule has 276 valence electrons. The summed E-state index contributed by atoms with van der Waals surface area (Å²) < 4.78 is 45.9. The molecule has 0 aliphatic rings. The van der Waals surface area contributed by atoms with Crippen molar-refractivity contribution in [2.75, 3.05) is 6.54 Å². The molecule has 13 nitrogen and oxygen atoms in total. The van der Waals surface area contributed by atoms with Crippen molar-refractivity contribution < 1.29 is 51.7 Å². The lowest BCUT2D eigenvalue weighted by molar-refractivity contribution is -0.134. The number of hydrogen-bond acceptors (Lipinski definition) is 11. The molecule has 2 N–H and O–H groups in total. The van der Waals surface area contributed by atoms with Gasteiger partial charge in [0.05, 0.1) is 5.39 Å². The Kier molecular flexibility index (Phi) is 12.6. The highest BCUT2D eigenvalue weighted by Crippen LogP contribution is 2.26. The second kappa shape index (κ2) is 16.9. The number of hydrogen-bond donors (Lipinski definition) is 2. The first-order valence-electron chi connectivity index (χ1n) is 16.4. The molecule has 0 unspecified atom stereocenters. The van der Waals surface area contributed by atoms with Crippen LogP contribution in [0.3, 0.4) is 0 Å². The maximum absolute atomic E-state index is 14.0. The molecule has 52 heavy (non-hydrogen) atoms. The molecule has 1 atom stereocenters. The molecule has 0 aliphatic carbocycles. The standard InChI is InChI=1S/C38H41FN2O11/c1-37(2,3)51-35(45)41-28(20-23-13-15-24(16-14-23)49-36(46)52-38(4,5)6)34(44)40-19-9-12-32(42)48-25-17-18-26-30(21-25)47-22-31(33(26)43)50-29-11-8-7-10-27(29)39/h7-8,10-11,13-18,21-22,28H,9,12,19-20H2,1-6H3,(H,40,44)(H,41,45)/t28-/m1/s1. The number of para-hydroxylation sites is 1. The van der Waals surface area contributed by atoms with Crippen molar-refractivity contribution in [3.8, 4) is 23.0 Å². The van der Waals surface area contributed by atoms with Crippen LogP contribution in [0.5, 0.6) is 23.0 Å². The van der Waals surface area contributed by atoms with Gasteiger partial charge in [0.25, 0.3) is 0 Å². The molecule has 2 amide bonds. The third kappa shape index (κ3) is 12.1. The summed E-state index contributed by atoms with van der Waals surface area (Å²) in [6, 6.07) is 15.1. The van der Waals surface area contributed by atoms with E-state index in [0.717, 1.165) is 6.26 Å². The fourth-order valence-corrected chi connectivity index (χ4v) is 4.58. The Morgan fingerprint density at radius 1 is 0.827 bits per heavy atom. The van der Waals surface area contributed by atoms with Gasteiger partial charge in [-0.1, -0.05) is 24.3 Å². The third-order valence-corrected chi connectivity index (χ3v) is 6.82. The maximum atomic E-state index is 14.0. The van der Waals surface area contributed by atoms with Crippen LogP contribution in [0.25, 0.3) is 11.0 Å². The van der Waals surface area contributed by atoms with Crippen molar-refractivity contribution in [3.63, 3.8) is 0 Å². The number of carbonyl (C=O) groups is 4. The van der Waals surface area contributed by atoms with E-state index in [1.54, 1.807) is 59.7 Å². The number of halogens is 1. The summed E-state index contributed by atoms with van der Waals surface area (Å²) in [5, 5.41) is 5.44. The predicted octanol–water partition coefficient (Wildman–Crippen LogP) is 6.98. The monoisotopic (exact) mass is 720 g/mol. The van der Waals surface area contributed by atoms with Gasteiger partial charge in [-0.25, -0.2) is 14.0 Å². The van der Waals surface area contributed by atoms with Crippen molar-refractivity contribution in [1.82, 2.24) is 10.6 Å². The molecule has 0 fully saturated rings. The van der Waals surface area contributed by atoms with Crippen LogP contribution in [0.15, 0.2) is 82.2 Å². The number of esters is 1. The molecule has 0 saturated carbocycles. The van der Waals surface area contributed by atoms with Gasteiger partial charge in [0.15, 0.2) is 11.6 Å². The molecule has 1 aromatic heterocycles. The second-order valence-corrected chi connectivity index (χ2v) is 13.6. The van der Waals surface area contributed by atoms with E-state index in [0.29, 0.717) is 5.56 Å². The van der Waals surface area contributed by atoms with Gasteiger partial charge in [0, 0.05) is 25.5 Å². The summed E-state index contributed by atoms with van der Waals surface area (Å²) in [7, 11) is 0. The van der Waals surface area contributed by atoms with Gasteiger partial charge < -0.3 is 38.7 Å². The molecule has 0 spiro atoms. The minimum atomic E-state index is -1.04. The second-order valence-electron chi connectivity index (χ2n) is 13.6. The van der Waals surface area contributed by atoms with Crippen LogP contribution < -0.4 is 30.3 Å². The van der Waals surface area contributed by atoms with Gasteiger partial charge in [-0.2, -0.15) is 0 Å². The number of alkyl carbamates (subject to hydrolysis) is 1. The van der Waals surface area contributed by atoms with Crippen LogP contribution in [0.2, 0.25) is 0 Å². The average molecular weight is 721 g/mol. The lowest BCUT2D eigenvalue weighted by atomic mass is 10.0. The van der Waals surface area contributed by atoms with Crippen molar-refractivity contribution >= 4 is 35.1 Å². The van der Waals surface area contributed by atoms with Crippen LogP contribution >= 0.6 is 0 Å². The normalized spacial score (nSPS) is 12.0. The van der Waals surface area contributed by atoms with Crippen LogP contribution in [0.4, 0.5) is 14.0 Å². The molecule has 4 rings (SSSR count). The van der Waals surface area contributed by atoms with Gasteiger partial charge >= 0.3 is 18.2 Å². The average Bonchev–Trinajstić information content (AvgIpc) is 3.04. The summed E-state index contributed by atoms with van der Waals surface area (Å²) in [5.74, 6) is -1.75.